The number of anilines is 1. The molecular formula is C26H18F3N5O3S. The minimum atomic E-state index is -4.80. The molecule has 0 aliphatic carbocycles. The summed E-state index contributed by atoms with van der Waals surface area (Å²) >= 11 is 1.19. The summed E-state index contributed by atoms with van der Waals surface area (Å²) in [7, 11) is 0. The van der Waals surface area contributed by atoms with E-state index in [2.05, 4.69) is 16.0 Å². The molecule has 1 atom stereocenters. The maximum atomic E-state index is 12.5. The van der Waals surface area contributed by atoms with Gasteiger partial charge in [0.2, 0.25) is 5.89 Å². The van der Waals surface area contributed by atoms with Crippen LogP contribution in [0.5, 0.6) is 5.75 Å². The summed E-state index contributed by atoms with van der Waals surface area (Å²) in [6.07, 6.45) is -5.93. The van der Waals surface area contributed by atoms with Crippen molar-refractivity contribution in [1.82, 2.24) is 9.97 Å². The quantitative estimate of drug-likeness (QED) is 0.285. The molecule has 38 heavy (non-hydrogen) atoms. The highest BCUT2D eigenvalue weighted by Crippen LogP contribution is 2.37. The Morgan fingerprint density at radius 3 is 2.32 bits per heavy atom. The molecule has 4 aromatic rings. The largest absolute Gasteiger partial charge is 0.491 e. The zero-order chi connectivity index (χ0) is 27.3. The maximum Gasteiger partial charge on any atom is 0.417 e. The Morgan fingerprint density at radius 1 is 1.00 bits per heavy atom. The van der Waals surface area contributed by atoms with Gasteiger partial charge >= 0.3 is 6.18 Å². The first-order valence-corrected chi connectivity index (χ1v) is 11.9. The van der Waals surface area contributed by atoms with E-state index >= 15 is 0 Å². The molecule has 0 bridgehead atoms. The van der Waals surface area contributed by atoms with Crippen molar-refractivity contribution >= 4 is 17.6 Å². The average molecular weight is 538 g/mol. The van der Waals surface area contributed by atoms with Crippen LogP contribution >= 0.6 is 11.8 Å². The molecule has 192 valence electrons. The van der Waals surface area contributed by atoms with Crippen LogP contribution in [0.4, 0.5) is 19.0 Å². The predicted molar refractivity (Wildman–Crippen MR) is 133 cm³/mol. The van der Waals surface area contributed by atoms with Crippen LogP contribution < -0.4 is 10.5 Å². The fraction of sp³-hybridized carbons (Fsp3) is 0.154. The molecule has 0 spiro atoms. The molecule has 12 heteroatoms. The van der Waals surface area contributed by atoms with E-state index in [1.807, 2.05) is 36.4 Å². The standard InChI is InChI=1S/C26H18F3N5O3S/c27-26(28,29)21(35)13-36-18-8-6-15(7-9-18)22-19(10-30)23(32)34-25(20(22)11-31)38-14-17-12-37-24(33-17)16-4-2-1-3-5-16/h1-9,12,21,35H,13-14H2,(H2,32,34). The highest BCUT2D eigenvalue weighted by Gasteiger charge is 2.38. The zero-order valence-corrected chi connectivity index (χ0v) is 20.3. The molecule has 0 amide bonds. The SMILES string of the molecule is N#Cc1c(N)nc(SCc2coc(-c3ccccc3)n2)c(C#N)c1-c1ccc(OCC(O)C(F)(F)F)cc1. The highest BCUT2D eigenvalue weighted by atomic mass is 32.2. The Labute approximate surface area is 219 Å². The first-order valence-electron chi connectivity index (χ1n) is 11.0. The molecule has 2 heterocycles. The van der Waals surface area contributed by atoms with Gasteiger partial charge in [0, 0.05) is 16.9 Å². The van der Waals surface area contributed by atoms with Crippen molar-refractivity contribution in [2.24, 2.45) is 0 Å². The van der Waals surface area contributed by atoms with Gasteiger partial charge < -0.3 is 20.0 Å². The number of halogens is 3. The van der Waals surface area contributed by atoms with Crippen LogP contribution in [-0.2, 0) is 5.75 Å². The van der Waals surface area contributed by atoms with Gasteiger partial charge in [0.1, 0.15) is 47.2 Å². The summed E-state index contributed by atoms with van der Waals surface area (Å²) in [5.41, 5.74) is 8.19. The number of nitrogens with two attached hydrogens (primary N) is 1. The minimum Gasteiger partial charge on any atom is -0.491 e. The second kappa shape index (κ2) is 11.3. The van der Waals surface area contributed by atoms with E-state index in [9.17, 15) is 23.7 Å². The van der Waals surface area contributed by atoms with Gasteiger partial charge in [-0.15, -0.1) is 0 Å². The van der Waals surface area contributed by atoms with Crippen LogP contribution in [0.1, 0.15) is 16.8 Å². The molecule has 1 unspecified atom stereocenters. The van der Waals surface area contributed by atoms with Crippen LogP contribution in [-0.4, -0.2) is 34.0 Å². The monoisotopic (exact) mass is 537 g/mol. The van der Waals surface area contributed by atoms with Gasteiger partial charge in [-0.25, -0.2) is 9.97 Å². The predicted octanol–water partition coefficient (Wildman–Crippen LogP) is 5.32. The van der Waals surface area contributed by atoms with Gasteiger partial charge in [-0.3, -0.25) is 0 Å². The van der Waals surface area contributed by atoms with Crippen molar-refractivity contribution in [3.05, 3.63) is 77.7 Å². The van der Waals surface area contributed by atoms with E-state index < -0.39 is 18.9 Å². The van der Waals surface area contributed by atoms with Gasteiger partial charge in [-0.05, 0) is 29.8 Å². The molecular weight excluding hydrogens is 519 g/mol. The molecule has 0 fully saturated rings. The molecule has 2 aromatic carbocycles. The summed E-state index contributed by atoms with van der Waals surface area (Å²) in [5.74, 6) is 0.727. The van der Waals surface area contributed by atoms with Crippen molar-refractivity contribution in [3.8, 4) is 40.5 Å². The summed E-state index contributed by atoms with van der Waals surface area (Å²) < 4.78 is 48.1. The van der Waals surface area contributed by atoms with Crippen LogP contribution in [0.3, 0.4) is 0 Å². The third-order valence-electron chi connectivity index (χ3n) is 5.27. The Kier molecular flexibility index (Phi) is 7.86. The number of aromatic nitrogens is 2. The number of benzene rings is 2. The molecule has 0 aliphatic rings. The Bertz CT molecular complexity index is 1510. The summed E-state index contributed by atoms with van der Waals surface area (Å²) in [4.78, 5) is 8.71. The molecule has 4 rings (SSSR count). The number of oxazole rings is 1. The lowest BCUT2D eigenvalue weighted by Crippen LogP contribution is -2.34. The van der Waals surface area contributed by atoms with E-state index in [0.29, 0.717) is 22.9 Å². The van der Waals surface area contributed by atoms with E-state index in [1.54, 1.807) is 0 Å². The fourth-order valence-corrected chi connectivity index (χ4v) is 4.28. The number of nitrogen functional groups attached to an aromatic ring is 1. The topological polar surface area (TPSA) is 142 Å². The Hall–Kier alpha value is -4.52. The van der Waals surface area contributed by atoms with Gasteiger partial charge in [-0.2, -0.15) is 23.7 Å². The lowest BCUT2D eigenvalue weighted by atomic mass is 9.97. The van der Waals surface area contributed by atoms with Crippen molar-refractivity contribution in [1.29, 1.82) is 10.5 Å². The molecule has 0 aliphatic heterocycles. The molecule has 0 saturated heterocycles. The average Bonchev–Trinajstić information content (AvgIpc) is 3.39. The van der Waals surface area contributed by atoms with E-state index in [-0.39, 0.29) is 33.3 Å². The highest BCUT2D eigenvalue weighted by molar-refractivity contribution is 7.98. The number of aliphatic hydroxyl groups is 1. The molecule has 2 aromatic heterocycles. The number of hydrogen-bond acceptors (Lipinski definition) is 9. The number of nitriles is 2. The van der Waals surface area contributed by atoms with E-state index in [1.165, 1.54) is 42.3 Å². The number of rotatable bonds is 8. The number of ether oxygens (including phenoxy) is 1. The maximum absolute atomic E-state index is 12.5. The van der Waals surface area contributed by atoms with Gasteiger partial charge in [0.25, 0.3) is 0 Å². The minimum absolute atomic E-state index is 0.0140. The first kappa shape index (κ1) is 26.5. The third-order valence-corrected chi connectivity index (χ3v) is 6.28. The van der Waals surface area contributed by atoms with Crippen LogP contribution in [0.2, 0.25) is 0 Å². The summed E-state index contributed by atoms with van der Waals surface area (Å²) in [6, 6.07) is 19.1. The molecule has 8 nitrogen and oxygen atoms in total. The number of pyridine rings is 1. The van der Waals surface area contributed by atoms with Crippen molar-refractivity contribution < 1.29 is 27.4 Å². The van der Waals surface area contributed by atoms with Crippen LogP contribution in [0.15, 0.2) is 70.3 Å². The lowest BCUT2D eigenvalue weighted by molar-refractivity contribution is -0.210. The van der Waals surface area contributed by atoms with Gasteiger partial charge in [0.05, 0.1) is 11.3 Å². The Balaban J connectivity index is 1.59. The Morgan fingerprint density at radius 2 is 1.68 bits per heavy atom. The third kappa shape index (κ3) is 5.89. The molecule has 0 saturated carbocycles. The normalized spacial score (nSPS) is 11.9. The first-order chi connectivity index (χ1) is 18.2. The van der Waals surface area contributed by atoms with Gasteiger partial charge in [0.15, 0.2) is 6.10 Å². The smallest absolute Gasteiger partial charge is 0.417 e. The zero-order valence-electron chi connectivity index (χ0n) is 19.4. The summed E-state index contributed by atoms with van der Waals surface area (Å²) in [5, 5.41) is 29.0. The van der Waals surface area contributed by atoms with E-state index in [4.69, 9.17) is 20.0 Å². The number of thioether (sulfide) groups is 1. The molecule has 3 N–H and O–H groups in total. The van der Waals surface area contributed by atoms with Crippen molar-refractivity contribution in [3.63, 3.8) is 0 Å². The summed E-state index contributed by atoms with van der Waals surface area (Å²) in [6.45, 7) is -0.979. The van der Waals surface area contributed by atoms with Crippen LogP contribution in [0, 0.1) is 22.7 Å². The van der Waals surface area contributed by atoms with Crippen LogP contribution in [0.25, 0.3) is 22.6 Å². The van der Waals surface area contributed by atoms with Crippen molar-refractivity contribution in [2.75, 3.05) is 12.3 Å². The second-order valence-corrected chi connectivity index (χ2v) is 8.81. The number of hydrogen-bond donors (Lipinski definition) is 2. The fourth-order valence-electron chi connectivity index (χ4n) is 3.41. The van der Waals surface area contributed by atoms with Gasteiger partial charge in [-0.1, -0.05) is 42.1 Å². The molecule has 0 radical (unpaired) electrons. The van der Waals surface area contributed by atoms with E-state index in [0.717, 1.165) is 5.56 Å². The number of aliphatic hydroxyl groups excluding tert-OH is 1. The lowest BCUT2D eigenvalue weighted by Gasteiger charge is -2.16. The number of alkyl halides is 3. The number of nitrogens with zero attached hydrogens (tertiary/aromatic N) is 4. The second-order valence-electron chi connectivity index (χ2n) is 7.84. The van der Waals surface area contributed by atoms with Crippen molar-refractivity contribution in [2.45, 2.75) is 23.1 Å².